The van der Waals surface area contributed by atoms with Gasteiger partial charge in [0, 0.05) is 4.88 Å². The van der Waals surface area contributed by atoms with Gasteiger partial charge in [-0.25, -0.2) is 12.7 Å². The van der Waals surface area contributed by atoms with Crippen molar-refractivity contribution in [3.05, 3.63) is 16.3 Å². The Kier molecular flexibility index (Phi) is 3.05. The van der Waals surface area contributed by atoms with Crippen LogP contribution in [0.25, 0.3) is 0 Å². The Morgan fingerprint density at radius 1 is 1.62 bits per heavy atom. The number of hydrogen-bond donors (Lipinski definition) is 1. The Morgan fingerprint density at radius 2 is 2.38 bits per heavy atom. The number of sulfonamides is 1. The van der Waals surface area contributed by atoms with Crippen LogP contribution in [-0.2, 0) is 10.0 Å². The summed E-state index contributed by atoms with van der Waals surface area (Å²) in [6.45, 7) is 1.77. The Hall–Kier alpha value is -0.855. The van der Waals surface area contributed by atoms with Crippen LogP contribution in [0.1, 0.15) is 18.2 Å². The third-order valence-corrected chi connectivity index (χ3v) is 4.91. The lowest BCUT2D eigenvalue weighted by molar-refractivity contribution is 0.476. The number of nitrogens with zero attached hydrogens (tertiary/aromatic N) is 2. The highest BCUT2D eigenvalue weighted by Crippen LogP contribution is 2.15. The van der Waals surface area contributed by atoms with E-state index < -0.39 is 17.1 Å². The van der Waals surface area contributed by atoms with Gasteiger partial charge in [0.2, 0.25) is 10.0 Å². The van der Waals surface area contributed by atoms with Gasteiger partial charge in [-0.15, -0.1) is 11.3 Å². The lowest BCUT2D eigenvalue weighted by Crippen LogP contribution is -2.52. The summed E-state index contributed by atoms with van der Waals surface area (Å²) in [6, 6.07) is 1.71. The van der Waals surface area contributed by atoms with Gasteiger partial charge in [0.25, 0.3) is 0 Å². The molecular formula is C8H11BN2O3S2. The minimum atomic E-state index is -3.51. The van der Waals surface area contributed by atoms with E-state index in [1.165, 1.54) is 17.6 Å². The zero-order valence-corrected chi connectivity index (χ0v) is 10.3. The molecule has 0 fully saturated rings. The third kappa shape index (κ3) is 1.88. The molecule has 1 aromatic heterocycles. The van der Waals surface area contributed by atoms with E-state index in [0.717, 1.165) is 9.20 Å². The van der Waals surface area contributed by atoms with E-state index in [0.29, 0.717) is 11.9 Å². The maximum absolute atomic E-state index is 11.8. The summed E-state index contributed by atoms with van der Waals surface area (Å²) < 4.78 is 24.3. The number of hydrogen-bond acceptors (Lipinski definition) is 5. The molecule has 2 rings (SSSR count). The van der Waals surface area contributed by atoms with Crippen molar-refractivity contribution in [1.29, 1.82) is 0 Å². The lowest BCUT2D eigenvalue weighted by Gasteiger charge is -2.24. The molecule has 1 aromatic rings. The average Bonchev–Trinajstić information content (AvgIpc) is 2.66. The molecule has 0 radical (unpaired) electrons. The highest BCUT2D eigenvalue weighted by Gasteiger charge is 2.37. The van der Waals surface area contributed by atoms with Gasteiger partial charge in [-0.05, 0) is 17.3 Å². The van der Waals surface area contributed by atoms with Gasteiger partial charge in [-0.2, -0.15) is 5.10 Å². The van der Waals surface area contributed by atoms with Crippen molar-refractivity contribution in [1.82, 2.24) is 4.33 Å². The fraction of sp³-hybridized carbons (Fsp3) is 0.375. The maximum atomic E-state index is 11.8. The highest BCUT2D eigenvalue weighted by atomic mass is 32.2. The van der Waals surface area contributed by atoms with Crippen molar-refractivity contribution in [2.24, 2.45) is 5.10 Å². The lowest BCUT2D eigenvalue weighted by atomic mass is 9.75. The molecule has 8 heteroatoms. The van der Waals surface area contributed by atoms with Crippen LogP contribution in [0.3, 0.4) is 0 Å². The Bertz CT molecular complexity index is 511. The molecule has 0 aliphatic carbocycles. The van der Waals surface area contributed by atoms with Crippen LogP contribution in [0.2, 0.25) is 0 Å². The van der Waals surface area contributed by atoms with E-state index in [4.69, 9.17) is 0 Å². The number of fused-ring (bicyclic) bond motifs is 1. The monoisotopic (exact) mass is 258 g/mol. The van der Waals surface area contributed by atoms with Crippen LogP contribution >= 0.6 is 11.3 Å². The van der Waals surface area contributed by atoms with Crippen LogP contribution in [0, 0.1) is 0 Å². The maximum Gasteiger partial charge on any atom is 0.484 e. The van der Waals surface area contributed by atoms with Crippen molar-refractivity contribution >= 4 is 40.1 Å². The van der Waals surface area contributed by atoms with Crippen molar-refractivity contribution in [2.75, 3.05) is 5.75 Å². The highest BCUT2D eigenvalue weighted by molar-refractivity contribution is 7.90. The predicted molar refractivity (Wildman–Crippen MR) is 65.4 cm³/mol. The van der Waals surface area contributed by atoms with Crippen LogP contribution in [-0.4, -0.2) is 36.8 Å². The molecule has 5 nitrogen and oxygen atoms in total. The van der Waals surface area contributed by atoms with Gasteiger partial charge >= 0.3 is 7.05 Å². The average molecular weight is 258 g/mol. The molecule has 86 valence electrons. The van der Waals surface area contributed by atoms with Gasteiger partial charge in [-0.1, -0.05) is 13.0 Å². The molecule has 1 aliphatic heterocycles. The molecule has 2 heterocycles. The molecule has 0 saturated carbocycles. The standard InChI is InChI=1S/C8H11BN2O3S2/c1-2-5-16(13,14)11-9(12)7-3-4-15-8(7)6-10-11/h3-4,6,12H,2,5H2,1H3. The van der Waals surface area contributed by atoms with E-state index in [-0.39, 0.29) is 5.75 Å². The van der Waals surface area contributed by atoms with Gasteiger partial charge < -0.3 is 5.02 Å². The van der Waals surface area contributed by atoms with Crippen LogP contribution < -0.4 is 5.46 Å². The molecule has 0 unspecified atom stereocenters. The molecule has 16 heavy (non-hydrogen) atoms. The fourth-order valence-electron chi connectivity index (χ4n) is 1.52. The second kappa shape index (κ2) is 4.19. The Labute approximate surface area is 98.6 Å². The summed E-state index contributed by atoms with van der Waals surface area (Å²) in [5.41, 5.74) is 0.597. The number of rotatable bonds is 3. The second-order valence-corrected chi connectivity index (χ2v) is 6.34. The first kappa shape index (κ1) is 11.6. The van der Waals surface area contributed by atoms with E-state index in [9.17, 15) is 13.4 Å². The summed E-state index contributed by atoms with van der Waals surface area (Å²) in [6.07, 6.45) is 1.97. The first-order valence-electron chi connectivity index (χ1n) is 4.88. The number of hydrazone groups is 1. The summed E-state index contributed by atoms with van der Waals surface area (Å²) in [5.74, 6) is -0.0130. The number of thiophene rings is 1. The van der Waals surface area contributed by atoms with Crippen molar-refractivity contribution in [3.63, 3.8) is 0 Å². The van der Waals surface area contributed by atoms with Gasteiger partial charge in [0.1, 0.15) is 0 Å². The molecule has 0 atom stereocenters. The smallest absolute Gasteiger partial charge is 0.427 e. The second-order valence-electron chi connectivity index (χ2n) is 3.45. The normalized spacial score (nSPS) is 15.4. The molecule has 0 aromatic carbocycles. The van der Waals surface area contributed by atoms with Crippen molar-refractivity contribution in [3.8, 4) is 0 Å². The quantitative estimate of drug-likeness (QED) is 0.765. The molecule has 1 aliphatic rings. The van der Waals surface area contributed by atoms with Gasteiger partial charge in [0.15, 0.2) is 0 Å². The first-order valence-corrected chi connectivity index (χ1v) is 7.36. The molecule has 0 bridgehead atoms. The fourth-order valence-corrected chi connectivity index (χ4v) is 3.61. The summed E-state index contributed by atoms with van der Waals surface area (Å²) in [4.78, 5) is 0.801. The molecule has 0 amide bonds. The summed E-state index contributed by atoms with van der Waals surface area (Å²) >= 11 is 1.42. The van der Waals surface area contributed by atoms with Crippen molar-refractivity contribution in [2.45, 2.75) is 13.3 Å². The van der Waals surface area contributed by atoms with Crippen LogP contribution in [0.15, 0.2) is 16.5 Å². The van der Waals surface area contributed by atoms with E-state index in [1.807, 2.05) is 0 Å². The minimum absolute atomic E-state index is 0.0130. The Balaban J connectivity index is 2.35. The van der Waals surface area contributed by atoms with Gasteiger partial charge in [-0.3, -0.25) is 0 Å². The zero-order valence-electron chi connectivity index (χ0n) is 8.70. The van der Waals surface area contributed by atoms with Crippen LogP contribution in [0.5, 0.6) is 0 Å². The van der Waals surface area contributed by atoms with E-state index >= 15 is 0 Å². The third-order valence-electron chi connectivity index (χ3n) is 2.25. The molecule has 0 spiro atoms. The van der Waals surface area contributed by atoms with E-state index in [2.05, 4.69) is 5.10 Å². The van der Waals surface area contributed by atoms with E-state index in [1.54, 1.807) is 18.4 Å². The zero-order chi connectivity index (χ0) is 11.8. The largest absolute Gasteiger partial charge is 0.484 e. The predicted octanol–water partition coefficient (Wildman–Crippen LogP) is -0.175. The van der Waals surface area contributed by atoms with Crippen LogP contribution in [0.4, 0.5) is 0 Å². The SMILES string of the molecule is CCCS(=O)(=O)N1N=Cc2sccc2B1O. The minimum Gasteiger partial charge on any atom is -0.427 e. The summed E-state index contributed by atoms with van der Waals surface area (Å²) in [5, 5.41) is 15.5. The van der Waals surface area contributed by atoms with Crippen molar-refractivity contribution < 1.29 is 13.4 Å². The van der Waals surface area contributed by atoms with Gasteiger partial charge in [0.05, 0.1) is 12.0 Å². The topological polar surface area (TPSA) is 70.0 Å². The molecule has 1 N–H and O–H groups in total. The summed E-state index contributed by atoms with van der Waals surface area (Å²) in [7, 11) is -4.70. The molecular weight excluding hydrogens is 247 g/mol. The Morgan fingerprint density at radius 3 is 3.06 bits per heavy atom. The molecule has 0 saturated heterocycles. The first-order chi connectivity index (χ1) is 7.56.